The molecule has 0 bridgehead atoms. The Balaban J connectivity index is 1.57. The number of nitro groups is 1. The number of benzene rings is 2. The number of hydrogen-bond donors (Lipinski definition) is 2. The van der Waals surface area contributed by atoms with Crippen LogP contribution in [0.2, 0.25) is 0 Å². The molecule has 1 amide bonds. The first kappa shape index (κ1) is 17.7. The Hall–Kier alpha value is -3.75. The van der Waals surface area contributed by atoms with Gasteiger partial charge in [0.2, 0.25) is 5.95 Å². The van der Waals surface area contributed by atoms with Gasteiger partial charge in [-0.2, -0.15) is 4.98 Å². The van der Waals surface area contributed by atoms with Crippen molar-refractivity contribution in [3.63, 3.8) is 0 Å². The average molecular weight is 378 g/mol. The zero-order valence-corrected chi connectivity index (χ0v) is 15.1. The van der Waals surface area contributed by atoms with Gasteiger partial charge in [0.1, 0.15) is 0 Å². The molecule has 0 radical (unpaired) electrons. The highest BCUT2D eigenvalue weighted by molar-refractivity contribution is 6.03. The molecule has 2 aromatic carbocycles. The molecule has 3 aromatic rings. The molecule has 2 atom stereocenters. The Morgan fingerprint density at radius 1 is 1.21 bits per heavy atom. The monoisotopic (exact) mass is 378 g/mol. The number of amides is 1. The Bertz CT molecular complexity index is 1020. The van der Waals surface area contributed by atoms with Crippen LogP contribution in [0.15, 0.2) is 54.6 Å². The first-order chi connectivity index (χ1) is 13.5. The lowest BCUT2D eigenvalue weighted by Crippen LogP contribution is -2.31. The third kappa shape index (κ3) is 3.41. The number of carbonyl (C=O) groups is 1. The van der Waals surface area contributed by atoms with Crippen LogP contribution in [-0.4, -0.2) is 31.6 Å². The van der Waals surface area contributed by atoms with Crippen LogP contribution in [0.4, 0.5) is 17.6 Å². The summed E-state index contributed by atoms with van der Waals surface area (Å²) in [5, 5.41) is 21.1. The van der Waals surface area contributed by atoms with Crippen LogP contribution in [0, 0.1) is 10.1 Å². The van der Waals surface area contributed by atoms with Crippen molar-refractivity contribution in [3.8, 4) is 0 Å². The van der Waals surface area contributed by atoms with Crippen LogP contribution in [0.25, 0.3) is 0 Å². The average Bonchev–Trinajstić information content (AvgIpc) is 3.10. The summed E-state index contributed by atoms with van der Waals surface area (Å²) in [6, 6.07) is 15.6. The van der Waals surface area contributed by atoms with Gasteiger partial charge in [-0.25, -0.2) is 4.68 Å². The SMILES string of the molecule is CC1CC(c2ccccc2)n2nc(NC(=O)c3ccc([N+](=O)[O-])cc3)nc2N1. The number of nitro benzene ring substituents is 1. The number of anilines is 2. The zero-order valence-electron chi connectivity index (χ0n) is 15.1. The number of aromatic nitrogens is 3. The van der Waals surface area contributed by atoms with Gasteiger partial charge in [0.25, 0.3) is 17.5 Å². The predicted octanol–water partition coefficient (Wildman–Crippen LogP) is 3.23. The fourth-order valence-corrected chi connectivity index (χ4v) is 3.27. The third-order valence-electron chi connectivity index (χ3n) is 4.63. The van der Waals surface area contributed by atoms with Crippen molar-refractivity contribution >= 4 is 23.5 Å². The van der Waals surface area contributed by atoms with Crippen LogP contribution in [-0.2, 0) is 0 Å². The molecule has 142 valence electrons. The smallest absolute Gasteiger partial charge is 0.269 e. The van der Waals surface area contributed by atoms with Crippen molar-refractivity contribution in [1.82, 2.24) is 14.8 Å². The number of fused-ring (bicyclic) bond motifs is 1. The predicted molar refractivity (Wildman–Crippen MR) is 103 cm³/mol. The number of rotatable bonds is 4. The van der Waals surface area contributed by atoms with Gasteiger partial charge in [-0.05, 0) is 31.0 Å². The minimum absolute atomic E-state index is 0.0185. The molecule has 9 nitrogen and oxygen atoms in total. The minimum Gasteiger partial charge on any atom is -0.352 e. The highest BCUT2D eigenvalue weighted by atomic mass is 16.6. The molecule has 28 heavy (non-hydrogen) atoms. The van der Waals surface area contributed by atoms with Gasteiger partial charge in [0.15, 0.2) is 0 Å². The van der Waals surface area contributed by atoms with E-state index < -0.39 is 10.8 Å². The molecular formula is C19H18N6O3. The normalized spacial score (nSPS) is 18.0. The Morgan fingerprint density at radius 3 is 2.61 bits per heavy atom. The molecule has 0 fully saturated rings. The van der Waals surface area contributed by atoms with E-state index in [2.05, 4.69) is 27.6 Å². The van der Waals surface area contributed by atoms with Gasteiger partial charge in [-0.1, -0.05) is 30.3 Å². The van der Waals surface area contributed by atoms with Crippen molar-refractivity contribution in [2.24, 2.45) is 0 Å². The van der Waals surface area contributed by atoms with Crippen molar-refractivity contribution in [2.75, 3.05) is 10.6 Å². The van der Waals surface area contributed by atoms with Crippen LogP contribution in [0.5, 0.6) is 0 Å². The maximum atomic E-state index is 12.4. The Morgan fingerprint density at radius 2 is 1.93 bits per heavy atom. The highest BCUT2D eigenvalue weighted by Crippen LogP contribution is 2.31. The molecule has 9 heteroatoms. The number of nitrogens with zero attached hydrogens (tertiary/aromatic N) is 4. The summed E-state index contributed by atoms with van der Waals surface area (Å²) in [5.74, 6) is 0.342. The van der Waals surface area contributed by atoms with E-state index in [1.807, 2.05) is 30.3 Å². The molecule has 4 rings (SSSR count). The van der Waals surface area contributed by atoms with Crippen LogP contribution < -0.4 is 10.6 Å². The van der Waals surface area contributed by atoms with Crippen LogP contribution >= 0.6 is 0 Å². The summed E-state index contributed by atoms with van der Waals surface area (Å²) >= 11 is 0. The fourth-order valence-electron chi connectivity index (χ4n) is 3.27. The molecule has 1 aliphatic rings. The number of carbonyl (C=O) groups excluding carboxylic acids is 1. The molecule has 2 heterocycles. The highest BCUT2D eigenvalue weighted by Gasteiger charge is 2.28. The summed E-state index contributed by atoms with van der Waals surface area (Å²) in [7, 11) is 0. The van der Waals surface area contributed by atoms with Crippen LogP contribution in [0.3, 0.4) is 0 Å². The van der Waals surface area contributed by atoms with E-state index in [0.29, 0.717) is 11.5 Å². The van der Waals surface area contributed by atoms with E-state index in [1.165, 1.54) is 24.3 Å². The van der Waals surface area contributed by atoms with Crippen molar-refractivity contribution in [1.29, 1.82) is 0 Å². The molecule has 1 aliphatic heterocycles. The molecule has 0 saturated carbocycles. The second kappa shape index (κ2) is 7.10. The molecule has 0 aliphatic carbocycles. The maximum Gasteiger partial charge on any atom is 0.269 e. The van der Waals surface area contributed by atoms with Gasteiger partial charge < -0.3 is 5.32 Å². The number of hydrogen-bond acceptors (Lipinski definition) is 6. The number of non-ortho nitro benzene ring substituents is 1. The van der Waals surface area contributed by atoms with Gasteiger partial charge in [-0.15, -0.1) is 5.10 Å². The molecule has 1 aromatic heterocycles. The van der Waals surface area contributed by atoms with Crippen LogP contribution in [0.1, 0.15) is 35.3 Å². The van der Waals surface area contributed by atoms with Gasteiger partial charge >= 0.3 is 0 Å². The van der Waals surface area contributed by atoms with E-state index in [4.69, 9.17) is 0 Å². The fraction of sp³-hybridized carbons (Fsp3) is 0.211. The van der Waals surface area contributed by atoms with E-state index in [-0.39, 0.29) is 23.7 Å². The Labute approximate surface area is 160 Å². The summed E-state index contributed by atoms with van der Waals surface area (Å²) < 4.78 is 1.78. The summed E-state index contributed by atoms with van der Waals surface area (Å²) in [4.78, 5) is 27.0. The second-order valence-corrected chi connectivity index (χ2v) is 6.67. The van der Waals surface area contributed by atoms with Crippen molar-refractivity contribution in [2.45, 2.75) is 25.4 Å². The molecule has 2 N–H and O–H groups in total. The third-order valence-corrected chi connectivity index (χ3v) is 4.63. The first-order valence-corrected chi connectivity index (χ1v) is 8.85. The largest absolute Gasteiger partial charge is 0.352 e. The van der Waals surface area contributed by atoms with E-state index in [0.717, 1.165) is 12.0 Å². The maximum absolute atomic E-state index is 12.4. The van der Waals surface area contributed by atoms with E-state index in [9.17, 15) is 14.9 Å². The van der Waals surface area contributed by atoms with Gasteiger partial charge in [0.05, 0.1) is 11.0 Å². The first-order valence-electron chi connectivity index (χ1n) is 8.85. The lowest BCUT2D eigenvalue weighted by atomic mass is 9.99. The minimum atomic E-state index is -0.511. The number of nitrogens with one attached hydrogen (secondary N) is 2. The van der Waals surface area contributed by atoms with Crippen molar-refractivity contribution in [3.05, 3.63) is 75.8 Å². The lowest BCUT2D eigenvalue weighted by Gasteiger charge is -2.29. The Kier molecular flexibility index (Phi) is 4.48. The lowest BCUT2D eigenvalue weighted by molar-refractivity contribution is -0.384. The quantitative estimate of drug-likeness (QED) is 0.532. The summed E-state index contributed by atoms with van der Waals surface area (Å²) in [5.41, 5.74) is 1.34. The standard InChI is InChI=1S/C19H18N6O3/c1-12-11-16(13-5-3-2-4-6-13)24-19(20-12)22-18(23-24)21-17(26)14-7-9-15(10-8-14)25(27)28/h2-10,12,16H,11H2,1H3,(H2,20,21,22,23,26). The second-order valence-electron chi connectivity index (χ2n) is 6.67. The van der Waals surface area contributed by atoms with E-state index in [1.54, 1.807) is 4.68 Å². The van der Waals surface area contributed by atoms with Gasteiger partial charge in [0, 0.05) is 23.7 Å². The topological polar surface area (TPSA) is 115 Å². The molecule has 0 spiro atoms. The molecular weight excluding hydrogens is 360 g/mol. The molecule has 2 unspecified atom stereocenters. The molecule has 0 saturated heterocycles. The summed E-state index contributed by atoms with van der Waals surface area (Å²) in [6.07, 6.45) is 0.843. The summed E-state index contributed by atoms with van der Waals surface area (Å²) in [6.45, 7) is 2.07. The van der Waals surface area contributed by atoms with Crippen molar-refractivity contribution < 1.29 is 9.72 Å². The van der Waals surface area contributed by atoms with Gasteiger partial charge in [-0.3, -0.25) is 20.2 Å². The zero-order chi connectivity index (χ0) is 19.7. The van der Waals surface area contributed by atoms with E-state index >= 15 is 0 Å².